The van der Waals surface area contributed by atoms with Crippen LogP contribution in [0.1, 0.15) is 11.1 Å². The van der Waals surface area contributed by atoms with Gasteiger partial charge >= 0.3 is 11.8 Å². The van der Waals surface area contributed by atoms with Gasteiger partial charge in [0.25, 0.3) is 0 Å². The van der Waals surface area contributed by atoms with Gasteiger partial charge in [0, 0.05) is 5.69 Å². The number of nitrogens with zero attached hydrogens (tertiary/aromatic N) is 3. The van der Waals surface area contributed by atoms with Gasteiger partial charge in [-0.1, -0.05) is 6.07 Å². The topological polar surface area (TPSA) is 88.9 Å². The summed E-state index contributed by atoms with van der Waals surface area (Å²) in [5.41, 5.74) is 4.91. The van der Waals surface area contributed by atoms with E-state index in [9.17, 15) is 9.59 Å². The standard InChI is InChI=1S/C12H13N5O2/c1-8-3-9(2)5-10(4-8)15-11(18)12(19)16-17-6-13-14-7-17/h3-7H,1-2H3,(H,15,18)(H,16,19). The molecule has 0 aliphatic carbocycles. The van der Waals surface area contributed by atoms with Crippen molar-refractivity contribution in [3.8, 4) is 0 Å². The predicted octanol–water partition coefficient (Wildman–Crippen LogP) is 0.604. The third-order valence-electron chi connectivity index (χ3n) is 2.34. The molecule has 0 radical (unpaired) electrons. The summed E-state index contributed by atoms with van der Waals surface area (Å²) in [7, 11) is 0. The van der Waals surface area contributed by atoms with Crippen molar-refractivity contribution < 1.29 is 9.59 Å². The molecule has 2 N–H and O–H groups in total. The van der Waals surface area contributed by atoms with E-state index >= 15 is 0 Å². The first-order chi connectivity index (χ1) is 9.04. The number of amides is 2. The molecule has 2 aromatic rings. The van der Waals surface area contributed by atoms with Crippen LogP contribution >= 0.6 is 0 Å². The second-order valence-electron chi connectivity index (χ2n) is 4.14. The molecule has 1 aromatic carbocycles. The van der Waals surface area contributed by atoms with Crippen LogP contribution in [-0.2, 0) is 9.59 Å². The van der Waals surface area contributed by atoms with Crippen LogP contribution in [-0.4, -0.2) is 26.7 Å². The number of aromatic nitrogens is 3. The maximum absolute atomic E-state index is 11.7. The van der Waals surface area contributed by atoms with E-state index in [0.717, 1.165) is 11.1 Å². The van der Waals surface area contributed by atoms with Crippen LogP contribution in [0, 0.1) is 13.8 Å². The Labute approximate surface area is 109 Å². The highest BCUT2D eigenvalue weighted by atomic mass is 16.2. The Bertz CT molecular complexity index is 586. The van der Waals surface area contributed by atoms with Gasteiger partial charge in [0.05, 0.1) is 0 Å². The number of nitrogens with one attached hydrogen (secondary N) is 2. The minimum atomic E-state index is -0.793. The number of benzene rings is 1. The fraction of sp³-hybridized carbons (Fsp3) is 0.167. The molecule has 7 nitrogen and oxygen atoms in total. The number of carbonyl (C=O) groups excluding carboxylic acids is 2. The van der Waals surface area contributed by atoms with E-state index in [1.165, 1.54) is 17.3 Å². The molecule has 2 rings (SSSR count). The zero-order valence-electron chi connectivity index (χ0n) is 10.5. The first-order valence-corrected chi connectivity index (χ1v) is 5.60. The van der Waals surface area contributed by atoms with Crippen molar-refractivity contribution in [2.75, 3.05) is 10.7 Å². The molecule has 1 aromatic heterocycles. The number of carbonyl (C=O) groups is 2. The molecule has 0 fully saturated rings. The summed E-state index contributed by atoms with van der Waals surface area (Å²) in [6, 6.07) is 5.56. The molecular formula is C12H13N5O2. The van der Waals surface area contributed by atoms with Crippen molar-refractivity contribution in [2.45, 2.75) is 13.8 Å². The average molecular weight is 259 g/mol. The van der Waals surface area contributed by atoms with Gasteiger partial charge in [-0.2, -0.15) is 0 Å². The van der Waals surface area contributed by atoms with E-state index in [0.29, 0.717) is 5.69 Å². The van der Waals surface area contributed by atoms with Crippen LogP contribution in [0.3, 0.4) is 0 Å². The number of rotatable bonds is 2. The number of hydrogen-bond donors (Lipinski definition) is 2. The second kappa shape index (κ2) is 5.30. The van der Waals surface area contributed by atoms with E-state index in [-0.39, 0.29) is 0 Å². The molecule has 98 valence electrons. The number of anilines is 1. The Balaban J connectivity index is 2.02. The maximum atomic E-state index is 11.7. The van der Waals surface area contributed by atoms with Crippen molar-refractivity contribution >= 4 is 17.5 Å². The lowest BCUT2D eigenvalue weighted by Gasteiger charge is -2.07. The zero-order valence-corrected chi connectivity index (χ0v) is 10.5. The smallest absolute Gasteiger partial charge is 0.318 e. The lowest BCUT2D eigenvalue weighted by atomic mass is 10.1. The van der Waals surface area contributed by atoms with Gasteiger partial charge in [-0.3, -0.25) is 15.0 Å². The summed E-state index contributed by atoms with van der Waals surface area (Å²) in [5, 5.41) is 9.55. The Morgan fingerprint density at radius 1 is 1.00 bits per heavy atom. The van der Waals surface area contributed by atoms with Crippen molar-refractivity contribution in [1.29, 1.82) is 0 Å². The van der Waals surface area contributed by atoms with Crippen molar-refractivity contribution in [3.05, 3.63) is 42.0 Å². The molecule has 0 spiro atoms. The van der Waals surface area contributed by atoms with Crippen molar-refractivity contribution in [3.63, 3.8) is 0 Å². The predicted molar refractivity (Wildman–Crippen MR) is 68.9 cm³/mol. The van der Waals surface area contributed by atoms with Gasteiger partial charge in [-0.25, -0.2) is 4.68 Å². The minimum absolute atomic E-state index is 0.585. The van der Waals surface area contributed by atoms with E-state index < -0.39 is 11.8 Å². The zero-order chi connectivity index (χ0) is 13.8. The fourth-order valence-corrected chi connectivity index (χ4v) is 1.66. The summed E-state index contributed by atoms with van der Waals surface area (Å²) in [5.74, 6) is -1.54. The second-order valence-corrected chi connectivity index (χ2v) is 4.14. The molecule has 0 bridgehead atoms. The molecule has 19 heavy (non-hydrogen) atoms. The van der Waals surface area contributed by atoms with Crippen LogP contribution in [0.15, 0.2) is 30.9 Å². The van der Waals surface area contributed by atoms with E-state index in [1.54, 1.807) is 12.1 Å². The highest BCUT2D eigenvalue weighted by Gasteiger charge is 2.14. The molecule has 0 saturated heterocycles. The van der Waals surface area contributed by atoms with Gasteiger partial charge in [0.2, 0.25) is 0 Å². The van der Waals surface area contributed by atoms with Gasteiger partial charge in [0.1, 0.15) is 12.7 Å². The largest absolute Gasteiger partial charge is 0.328 e. The Morgan fingerprint density at radius 2 is 1.58 bits per heavy atom. The first kappa shape index (κ1) is 12.7. The van der Waals surface area contributed by atoms with Gasteiger partial charge in [-0.15, -0.1) is 10.2 Å². The van der Waals surface area contributed by atoms with E-state index in [4.69, 9.17) is 0 Å². The molecule has 7 heteroatoms. The molecule has 0 saturated carbocycles. The summed E-state index contributed by atoms with van der Waals surface area (Å²) in [6.07, 6.45) is 2.56. The van der Waals surface area contributed by atoms with E-state index in [1.807, 2.05) is 19.9 Å². The fourth-order valence-electron chi connectivity index (χ4n) is 1.66. The molecule has 0 unspecified atom stereocenters. The van der Waals surface area contributed by atoms with Crippen LogP contribution in [0.2, 0.25) is 0 Å². The number of aryl methyl sites for hydroxylation is 2. The minimum Gasteiger partial charge on any atom is -0.318 e. The van der Waals surface area contributed by atoms with Crippen LogP contribution in [0.25, 0.3) is 0 Å². The van der Waals surface area contributed by atoms with Crippen LogP contribution in [0.4, 0.5) is 5.69 Å². The molecular weight excluding hydrogens is 246 g/mol. The SMILES string of the molecule is Cc1cc(C)cc(NC(=O)C(=O)Nn2cnnc2)c1. The lowest BCUT2D eigenvalue weighted by molar-refractivity contribution is -0.133. The van der Waals surface area contributed by atoms with Gasteiger partial charge < -0.3 is 5.32 Å². The van der Waals surface area contributed by atoms with Crippen molar-refractivity contribution in [2.24, 2.45) is 0 Å². The lowest BCUT2D eigenvalue weighted by Crippen LogP contribution is -2.33. The molecule has 0 atom stereocenters. The quantitative estimate of drug-likeness (QED) is 0.773. The van der Waals surface area contributed by atoms with Crippen LogP contribution in [0.5, 0.6) is 0 Å². The molecule has 1 heterocycles. The monoisotopic (exact) mass is 259 g/mol. The van der Waals surface area contributed by atoms with Gasteiger partial charge in [0.15, 0.2) is 0 Å². The Morgan fingerprint density at radius 3 is 2.16 bits per heavy atom. The summed E-state index contributed by atoms with van der Waals surface area (Å²) < 4.78 is 1.20. The summed E-state index contributed by atoms with van der Waals surface area (Å²) >= 11 is 0. The van der Waals surface area contributed by atoms with Crippen molar-refractivity contribution in [1.82, 2.24) is 14.9 Å². The normalized spacial score (nSPS) is 10.0. The summed E-state index contributed by atoms with van der Waals surface area (Å²) in [4.78, 5) is 23.3. The maximum Gasteiger partial charge on any atom is 0.328 e. The molecule has 2 amide bonds. The Hall–Kier alpha value is -2.70. The molecule has 0 aliphatic rings. The average Bonchev–Trinajstić information content (AvgIpc) is 2.80. The highest BCUT2D eigenvalue weighted by Crippen LogP contribution is 2.13. The van der Waals surface area contributed by atoms with Crippen LogP contribution < -0.4 is 10.7 Å². The Kier molecular flexibility index (Phi) is 3.56. The first-order valence-electron chi connectivity index (χ1n) is 5.60. The van der Waals surface area contributed by atoms with E-state index in [2.05, 4.69) is 20.9 Å². The summed E-state index contributed by atoms with van der Waals surface area (Å²) in [6.45, 7) is 3.83. The number of hydrogen-bond acceptors (Lipinski definition) is 4. The highest BCUT2D eigenvalue weighted by molar-refractivity contribution is 6.42. The molecule has 0 aliphatic heterocycles. The third-order valence-corrected chi connectivity index (χ3v) is 2.34. The van der Waals surface area contributed by atoms with Gasteiger partial charge in [-0.05, 0) is 37.1 Å². The third kappa shape index (κ3) is 3.38.